The molecular formula is C25H41N3O2S. The Balaban J connectivity index is 1.26. The molecule has 3 fully saturated rings. The van der Waals surface area contributed by atoms with Crippen molar-refractivity contribution < 1.29 is 9.35 Å². The number of carbonyl (C=O) groups is 1. The summed E-state index contributed by atoms with van der Waals surface area (Å²) in [6, 6.07) is 11.6. The van der Waals surface area contributed by atoms with E-state index >= 15 is 0 Å². The molecule has 1 saturated heterocycles. The molecule has 6 heteroatoms. The van der Waals surface area contributed by atoms with Crippen molar-refractivity contribution in [1.29, 1.82) is 0 Å². The number of amides is 2. The minimum Gasteiger partial charge on any atom is -0.338 e. The van der Waals surface area contributed by atoms with Crippen LogP contribution in [0.4, 0.5) is 4.79 Å². The van der Waals surface area contributed by atoms with Crippen LogP contribution >= 0.6 is 10.5 Å². The molecule has 1 heterocycles. The Kier molecular flexibility index (Phi) is 6.36. The molecule has 31 heavy (non-hydrogen) atoms. The maximum absolute atomic E-state index is 13.0. The van der Waals surface area contributed by atoms with Crippen LogP contribution in [0, 0.1) is 5.41 Å². The summed E-state index contributed by atoms with van der Waals surface area (Å²) in [6.07, 6.45) is 9.83. The molecule has 1 spiro atoms. The van der Waals surface area contributed by atoms with E-state index in [-0.39, 0.29) is 17.5 Å². The summed E-state index contributed by atoms with van der Waals surface area (Å²) in [7, 11) is 0.314. The van der Waals surface area contributed by atoms with E-state index in [9.17, 15) is 9.35 Å². The van der Waals surface area contributed by atoms with Crippen molar-refractivity contribution in [3.63, 3.8) is 0 Å². The minimum absolute atomic E-state index is 0.0892. The fraction of sp³-hybridized carbons (Fsp3) is 0.720. The molecule has 174 valence electrons. The first kappa shape index (κ1) is 22.9. The van der Waals surface area contributed by atoms with Crippen molar-refractivity contribution >= 4 is 16.5 Å². The fourth-order valence-corrected chi connectivity index (χ4v) is 7.12. The van der Waals surface area contributed by atoms with Crippen LogP contribution in [-0.2, 0) is 5.41 Å². The van der Waals surface area contributed by atoms with Gasteiger partial charge in [-0.2, -0.15) is 0 Å². The van der Waals surface area contributed by atoms with E-state index in [0.29, 0.717) is 11.5 Å². The molecule has 1 unspecified atom stereocenters. The lowest BCUT2D eigenvalue weighted by Crippen LogP contribution is -2.50. The van der Waals surface area contributed by atoms with Crippen LogP contribution in [0.1, 0.15) is 64.4 Å². The summed E-state index contributed by atoms with van der Waals surface area (Å²) in [4.78, 5) is 14.9. The molecule has 4 rings (SSSR count). The average Bonchev–Trinajstić information content (AvgIpc) is 3.47. The van der Waals surface area contributed by atoms with E-state index < -0.39 is 10.5 Å². The maximum Gasteiger partial charge on any atom is 0.317 e. The third-order valence-corrected chi connectivity index (χ3v) is 11.3. The molecule has 1 aromatic carbocycles. The summed E-state index contributed by atoms with van der Waals surface area (Å²) < 4.78 is 12.8. The number of nitrogens with one attached hydrogen (secondary N) is 1. The summed E-state index contributed by atoms with van der Waals surface area (Å²) in [5, 5.41) is 3.36. The first-order valence-corrected chi connectivity index (χ1v) is 14.1. The van der Waals surface area contributed by atoms with Gasteiger partial charge >= 0.3 is 6.03 Å². The monoisotopic (exact) mass is 447 g/mol. The minimum atomic E-state index is -1.63. The van der Waals surface area contributed by atoms with Gasteiger partial charge in [-0.05, 0) is 67.6 Å². The lowest BCUT2D eigenvalue weighted by atomic mass is 9.66. The SMILES string of the molecule is CCS(C)(O)N1CCC(N(C)C(=O)N[C@H]2CC23CCC(C)(c2ccccc2)CC3)CC1. The molecule has 0 aromatic heterocycles. The summed E-state index contributed by atoms with van der Waals surface area (Å²) in [5.41, 5.74) is 2.06. The number of hydrogen-bond donors (Lipinski definition) is 2. The number of carbonyl (C=O) groups excluding carboxylic acids is 1. The molecule has 1 aliphatic heterocycles. The highest BCUT2D eigenvalue weighted by atomic mass is 32.3. The Hall–Kier alpha value is -1.24. The van der Waals surface area contributed by atoms with Crippen molar-refractivity contribution in [3.8, 4) is 0 Å². The van der Waals surface area contributed by atoms with Gasteiger partial charge in [0.15, 0.2) is 0 Å². The third-order valence-electron chi connectivity index (χ3n) is 8.70. The molecule has 5 nitrogen and oxygen atoms in total. The standard InChI is InChI=1S/C25H41N3O2S/c1-5-31(4,30)28-17-11-21(12-18-28)27(3)23(29)26-22-19-25(22)15-13-24(2,14-16-25)20-9-7-6-8-10-20/h6-10,21-22,30H,5,11-19H2,1-4H3,(H,26,29)/t22-,24?,25?/m0/s1. The van der Waals surface area contributed by atoms with Crippen LogP contribution < -0.4 is 5.32 Å². The second-order valence-electron chi connectivity index (χ2n) is 10.5. The van der Waals surface area contributed by atoms with Crippen LogP contribution in [-0.4, -0.2) is 64.0 Å². The molecule has 2 N–H and O–H groups in total. The van der Waals surface area contributed by atoms with Gasteiger partial charge in [-0.25, -0.2) is 9.10 Å². The normalized spacial score (nSPS) is 34.7. The number of rotatable bonds is 5. The summed E-state index contributed by atoms with van der Waals surface area (Å²) in [6.45, 7) is 6.22. The number of benzene rings is 1. The molecule has 2 saturated carbocycles. The van der Waals surface area contributed by atoms with E-state index in [2.05, 4.69) is 53.8 Å². The Morgan fingerprint density at radius 3 is 2.39 bits per heavy atom. The number of urea groups is 1. The Morgan fingerprint density at radius 1 is 1.19 bits per heavy atom. The molecule has 3 aliphatic rings. The topological polar surface area (TPSA) is 55.8 Å². The van der Waals surface area contributed by atoms with Gasteiger partial charge in [-0.15, -0.1) is 0 Å². The van der Waals surface area contributed by atoms with Crippen molar-refractivity contribution in [3.05, 3.63) is 35.9 Å². The molecule has 2 aliphatic carbocycles. The first-order valence-electron chi connectivity index (χ1n) is 12.0. The van der Waals surface area contributed by atoms with Crippen LogP contribution in [0.5, 0.6) is 0 Å². The van der Waals surface area contributed by atoms with Crippen LogP contribution in [0.25, 0.3) is 0 Å². The van der Waals surface area contributed by atoms with Gasteiger partial charge in [-0.3, -0.25) is 0 Å². The van der Waals surface area contributed by atoms with E-state index in [1.165, 1.54) is 31.2 Å². The van der Waals surface area contributed by atoms with E-state index in [1.54, 1.807) is 0 Å². The second kappa shape index (κ2) is 8.60. The quantitative estimate of drug-likeness (QED) is 0.650. The van der Waals surface area contributed by atoms with Gasteiger partial charge in [0.05, 0.1) is 0 Å². The molecule has 0 bridgehead atoms. The highest BCUT2D eigenvalue weighted by Crippen LogP contribution is 2.60. The van der Waals surface area contributed by atoms with Crippen molar-refractivity contribution in [2.45, 2.75) is 76.3 Å². The van der Waals surface area contributed by atoms with E-state index in [0.717, 1.165) is 38.1 Å². The predicted octanol–water partition coefficient (Wildman–Crippen LogP) is 5.23. The van der Waals surface area contributed by atoms with Gasteiger partial charge < -0.3 is 14.8 Å². The number of hydrogen-bond acceptors (Lipinski definition) is 3. The van der Waals surface area contributed by atoms with Crippen LogP contribution in [0.15, 0.2) is 30.3 Å². The molecule has 2 amide bonds. The Labute approximate surface area is 190 Å². The number of nitrogens with zero attached hydrogens (tertiary/aromatic N) is 2. The second-order valence-corrected chi connectivity index (χ2v) is 13.6. The van der Waals surface area contributed by atoms with Crippen molar-refractivity contribution in [2.75, 3.05) is 32.1 Å². The lowest BCUT2D eigenvalue weighted by molar-refractivity contribution is 0.158. The third kappa shape index (κ3) is 4.62. The molecular weight excluding hydrogens is 406 g/mol. The predicted molar refractivity (Wildman–Crippen MR) is 131 cm³/mol. The smallest absolute Gasteiger partial charge is 0.317 e. The summed E-state index contributed by atoms with van der Waals surface area (Å²) in [5.74, 6) is 0.807. The van der Waals surface area contributed by atoms with Crippen LogP contribution in [0.3, 0.4) is 0 Å². The highest BCUT2D eigenvalue weighted by Gasteiger charge is 2.57. The molecule has 0 radical (unpaired) electrons. The zero-order chi connectivity index (χ0) is 22.3. The lowest BCUT2D eigenvalue weighted by Gasteiger charge is -2.45. The highest BCUT2D eigenvalue weighted by molar-refractivity contribution is 8.26. The molecule has 2 atom stereocenters. The van der Waals surface area contributed by atoms with E-state index in [4.69, 9.17) is 0 Å². The van der Waals surface area contributed by atoms with Gasteiger partial charge in [0.25, 0.3) is 0 Å². The largest absolute Gasteiger partial charge is 0.338 e. The molecule has 1 aromatic rings. The van der Waals surface area contributed by atoms with Gasteiger partial charge in [0.2, 0.25) is 0 Å². The van der Waals surface area contributed by atoms with Gasteiger partial charge in [0.1, 0.15) is 0 Å². The zero-order valence-electron chi connectivity index (χ0n) is 19.8. The van der Waals surface area contributed by atoms with E-state index in [1.807, 2.05) is 18.2 Å². The van der Waals surface area contributed by atoms with Gasteiger partial charge in [-0.1, -0.05) is 54.7 Å². The zero-order valence-corrected chi connectivity index (χ0v) is 20.6. The van der Waals surface area contributed by atoms with Gasteiger partial charge in [0, 0.05) is 38.0 Å². The summed E-state index contributed by atoms with van der Waals surface area (Å²) >= 11 is 0. The Bertz CT molecular complexity index is 768. The van der Waals surface area contributed by atoms with Crippen molar-refractivity contribution in [2.24, 2.45) is 5.41 Å². The van der Waals surface area contributed by atoms with Crippen LogP contribution in [0.2, 0.25) is 0 Å². The number of piperidine rings is 1. The average molecular weight is 448 g/mol. The first-order chi connectivity index (χ1) is 14.7. The Morgan fingerprint density at radius 2 is 1.81 bits per heavy atom. The fourth-order valence-electron chi connectivity index (χ4n) is 5.76. The van der Waals surface area contributed by atoms with Crippen molar-refractivity contribution in [1.82, 2.24) is 14.5 Å². The maximum atomic E-state index is 13.0.